The molecule has 196 valence electrons. The summed E-state index contributed by atoms with van der Waals surface area (Å²) in [7, 11) is 0. The zero-order valence-electron chi connectivity index (χ0n) is 21.8. The van der Waals surface area contributed by atoms with Crippen LogP contribution in [0.3, 0.4) is 0 Å². The number of nitrogens with zero attached hydrogens (tertiary/aromatic N) is 1. The maximum Gasteiger partial charge on any atom is 0.250 e. The Morgan fingerprint density at radius 1 is 1.05 bits per heavy atom. The molecule has 0 radical (unpaired) electrons. The number of anilines is 2. The number of hydrogen-bond donors (Lipinski definition) is 3. The van der Waals surface area contributed by atoms with E-state index in [4.69, 9.17) is 4.74 Å². The average molecular weight is 506 g/mol. The van der Waals surface area contributed by atoms with E-state index < -0.39 is 35.1 Å². The molecule has 0 aromatic heterocycles. The summed E-state index contributed by atoms with van der Waals surface area (Å²) < 4.78 is 6.65. The van der Waals surface area contributed by atoms with Crippen LogP contribution in [0, 0.1) is 25.7 Å². The lowest BCUT2D eigenvalue weighted by molar-refractivity contribution is -0.146. The third-order valence-corrected chi connectivity index (χ3v) is 8.59. The lowest BCUT2D eigenvalue weighted by Crippen LogP contribution is -2.56. The van der Waals surface area contributed by atoms with Crippen LogP contribution in [0.25, 0.3) is 0 Å². The van der Waals surface area contributed by atoms with Crippen molar-refractivity contribution < 1.29 is 24.2 Å². The first kappa shape index (κ1) is 25.4. The number of hydrogen-bond acceptors (Lipinski definition) is 5. The van der Waals surface area contributed by atoms with Gasteiger partial charge in [-0.1, -0.05) is 43.3 Å². The van der Waals surface area contributed by atoms with Gasteiger partial charge in [-0.15, -0.1) is 0 Å². The number of benzene rings is 2. The molecule has 2 unspecified atom stereocenters. The number of ether oxygens (including phenoxy) is 1. The third-order valence-electron chi connectivity index (χ3n) is 8.59. The van der Waals surface area contributed by atoms with Crippen LogP contribution in [-0.4, -0.2) is 57.6 Å². The molecule has 37 heavy (non-hydrogen) atoms. The molecule has 2 aromatic carbocycles. The lowest BCUT2D eigenvalue weighted by Gasteiger charge is -2.36. The number of nitrogens with one attached hydrogen (secondary N) is 2. The van der Waals surface area contributed by atoms with Crippen molar-refractivity contribution in [2.75, 3.05) is 17.2 Å². The second kappa shape index (κ2) is 9.26. The third kappa shape index (κ3) is 3.85. The van der Waals surface area contributed by atoms with Gasteiger partial charge in [0.05, 0.1) is 30.1 Å². The van der Waals surface area contributed by atoms with Gasteiger partial charge in [0, 0.05) is 11.4 Å². The first-order chi connectivity index (χ1) is 17.7. The first-order valence-corrected chi connectivity index (χ1v) is 13.0. The van der Waals surface area contributed by atoms with E-state index in [-0.39, 0.29) is 24.3 Å². The summed E-state index contributed by atoms with van der Waals surface area (Å²) in [5.41, 5.74) is 1.15. The van der Waals surface area contributed by atoms with Crippen molar-refractivity contribution in [3.63, 3.8) is 0 Å². The summed E-state index contributed by atoms with van der Waals surface area (Å²) >= 11 is 0. The standard InChI is InChI=1S/C29H35N3O5/c1-5-20(16-33)32-24(26(35)31-23-17(2)10-9-11-18(23)3)29-15-14-28(4,37-29)21(22(29)27(32)36)25(34)30-19-12-7-6-8-13-19/h6-13,20-22,24,33H,5,14-16H2,1-4H3,(H,30,34)(H,31,35)/t20-,21+,22-,24?,28-,29?/m0/s1. The van der Waals surface area contributed by atoms with Crippen LogP contribution in [0.15, 0.2) is 48.5 Å². The van der Waals surface area contributed by atoms with E-state index in [1.54, 1.807) is 12.1 Å². The molecule has 0 saturated carbocycles. The van der Waals surface area contributed by atoms with Crippen molar-refractivity contribution in [1.29, 1.82) is 0 Å². The number of likely N-dealkylation sites (tertiary alicyclic amines) is 1. The number of carbonyl (C=O) groups excluding carboxylic acids is 3. The van der Waals surface area contributed by atoms with Crippen LogP contribution in [0.1, 0.15) is 44.2 Å². The fourth-order valence-corrected chi connectivity index (χ4v) is 6.82. The fraction of sp³-hybridized carbons (Fsp3) is 0.483. The van der Waals surface area contributed by atoms with Crippen molar-refractivity contribution in [3.05, 3.63) is 59.7 Å². The summed E-state index contributed by atoms with van der Waals surface area (Å²) in [4.78, 5) is 43.3. The molecule has 3 amide bonds. The minimum absolute atomic E-state index is 0.281. The second-order valence-electron chi connectivity index (χ2n) is 10.8. The highest BCUT2D eigenvalue weighted by molar-refractivity contribution is 6.05. The number of aliphatic hydroxyl groups excluding tert-OH is 1. The number of para-hydroxylation sites is 2. The molecule has 1 spiro atoms. The molecular weight excluding hydrogens is 470 g/mol. The molecule has 3 heterocycles. The molecule has 3 aliphatic rings. The van der Waals surface area contributed by atoms with Gasteiger partial charge in [0.25, 0.3) is 0 Å². The van der Waals surface area contributed by atoms with Gasteiger partial charge in [0.1, 0.15) is 11.6 Å². The van der Waals surface area contributed by atoms with E-state index in [0.29, 0.717) is 30.6 Å². The van der Waals surface area contributed by atoms with Crippen LogP contribution >= 0.6 is 0 Å². The van der Waals surface area contributed by atoms with Crippen LogP contribution in [0.2, 0.25) is 0 Å². The molecule has 3 saturated heterocycles. The summed E-state index contributed by atoms with van der Waals surface area (Å²) in [5.74, 6) is -2.52. The Balaban J connectivity index is 1.55. The second-order valence-corrected chi connectivity index (χ2v) is 10.8. The van der Waals surface area contributed by atoms with Gasteiger partial charge in [-0.3, -0.25) is 14.4 Å². The van der Waals surface area contributed by atoms with Crippen LogP contribution in [-0.2, 0) is 19.1 Å². The summed E-state index contributed by atoms with van der Waals surface area (Å²) in [6, 6.07) is 13.4. The van der Waals surface area contributed by atoms with Gasteiger partial charge in [0.2, 0.25) is 17.7 Å². The zero-order chi connectivity index (χ0) is 26.5. The Morgan fingerprint density at radius 2 is 1.73 bits per heavy atom. The van der Waals surface area contributed by atoms with E-state index in [9.17, 15) is 19.5 Å². The molecule has 0 aliphatic carbocycles. The Morgan fingerprint density at radius 3 is 2.35 bits per heavy atom. The maximum absolute atomic E-state index is 14.1. The Kier molecular flexibility index (Phi) is 6.36. The monoisotopic (exact) mass is 505 g/mol. The van der Waals surface area contributed by atoms with Gasteiger partial charge < -0.3 is 25.4 Å². The lowest BCUT2D eigenvalue weighted by atomic mass is 9.66. The van der Waals surface area contributed by atoms with Gasteiger partial charge in [-0.2, -0.15) is 0 Å². The topological polar surface area (TPSA) is 108 Å². The van der Waals surface area contributed by atoms with Crippen molar-refractivity contribution >= 4 is 29.1 Å². The highest BCUT2D eigenvalue weighted by Gasteiger charge is 2.78. The largest absolute Gasteiger partial charge is 0.394 e. The van der Waals surface area contributed by atoms with Crippen LogP contribution in [0.5, 0.6) is 0 Å². The first-order valence-electron chi connectivity index (χ1n) is 13.0. The van der Waals surface area contributed by atoms with E-state index >= 15 is 0 Å². The summed E-state index contributed by atoms with van der Waals surface area (Å²) in [5, 5.41) is 16.2. The highest BCUT2D eigenvalue weighted by Crippen LogP contribution is 2.63. The molecule has 6 atom stereocenters. The van der Waals surface area contributed by atoms with Gasteiger partial charge in [-0.25, -0.2) is 0 Å². The molecule has 3 aliphatic heterocycles. The van der Waals surface area contributed by atoms with Crippen LogP contribution < -0.4 is 10.6 Å². The Labute approximate surface area is 217 Å². The van der Waals surface area contributed by atoms with Crippen molar-refractivity contribution in [3.8, 4) is 0 Å². The van der Waals surface area contributed by atoms with E-state index in [0.717, 1.165) is 11.1 Å². The number of rotatable bonds is 7. The van der Waals surface area contributed by atoms with Crippen molar-refractivity contribution in [2.24, 2.45) is 11.8 Å². The van der Waals surface area contributed by atoms with Gasteiger partial charge >= 0.3 is 0 Å². The number of aryl methyl sites for hydroxylation is 2. The van der Waals surface area contributed by atoms with E-state index in [1.165, 1.54) is 4.90 Å². The molecule has 5 rings (SSSR count). The molecule has 3 N–H and O–H groups in total. The molecule has 2 aromatic rings. The molecular formula is C29H35N3O5. The number of fused-ring (bicyclic) bond motifs is 1. The fourth-order valence-electron chi connectivity index (χ4n) is 6.82. The van der Waals surface area contributed by atoms with Gasteiger partial charge in [-0.05, 0) is 63.3 Å². The SMILES string of the molecule is CC[C@@H](CO)N1C(=O)[C@@H]2[C@H](C(=O)Nc3ccccc3)[C@]3(C)CCC2(O3)C1C(=O)Nc1c(C)cccc1C. The van der Waals surface area contributed by atoms with Gasteiger partial charge in [0.15, 0.2) is 0 Å². The number of amides is 3. The number of carbonyl (C=O) groups is 3. The maximum atomic E-state index is 14.1. The summed E-state index contributed by atoms with van der Waals surface area (Å²) in [6.07, 6.45) is 1.51. The molecule has 8 nitrogen and oxygen atoms in total. The molecule has 8 heteroatoms. The number of aliphatic hydroxyl groups is 1. The minimum atomic E-state index is -1.15. The minimum Gasteiger partial charge on any atom is -0.394 e. The zero-order valence-corrected chi connectivity index (χ0v) is 21.8. The average Bonchev–Trinajstić information content (AvgIpc) is 3.44. The Hall–Kier alpha value is -3.23. The van der Waals surface area contributed by atoms with Crippen molar-refractivity contribution in [2.45, 2.75) is 70.2 Å². The smallest absolute Gasteiger partial charge is 0.250 e. The van der Waals surface area contributed by atoms with E-state index in [2.05, 4.69) is 10.6 Å². The highest BCUT2D eigenvalue weighted by atomic mass is 16.5. The molecule has 3 fully saturated rings. The molecule has 2 bridgehead atoms. The van der Waals surface area contributed by atoms with Crippen LogP contribution in [0.4, 0.5) is 11.4 Å². The summed E-state index contributed by atoms with van der Waals surface area (Å²) in [6.45, 7) is 7.31. The quantitative estimate of drug-likeness (QED) is 0.535. The van der Waals surface area contributed by atoms with E-state index in [1.807, 2.05) is 64.1 Å². The predicted octanol–water partition coefficient (Wildman–Crippen LogP) is 3.42. The Bertz CT molecular complexity index is 1210. The normalized spacial score (nSPS) is 30.8. The van der Waals surface area contributed by atoms with Crippen molar-refractivity contribution in [1.82, 2.24) is 4.90 Å². The predicted molar refractivity (Wildman–Crippen MR) is 140 cm³/mol.